The van der Waals surface area contributed by atoms with Crippen LogP contribution in [0.3, 0.4) is 0 Å². The minimum Gasteiger partial charge on any atom is -0.481 e. The van der Waals surface area contributed by atoms with Crippen LogP contribution in [0.5, 0.6) is 0 Å². The zero-order valence-electron chi connectivity index (χ0n) is 13.2. The number of hydrogen-bond acceptors (Lipinski definition) is 3. The number of Topliss-reactive ketones (excluding diaryl/α,β-unsaturated/α-hetero) is 2. The van der Waals surface area contributed by atoms with Gasteiger partial charge in [-0.1, -0.05) is 66.7 Å². The molecule has 1 aliphatic carbocycles. The van der Waals surface area contributed by atoms with Crippen molar-refractivity contribution in [3.63, 3.8) is 0 Å². The summed E-state index contributed by atoms with van der Waals surface area (Å²) in [5.41, 5.74) is -0.668. The number of rotatable bonds is 3. The second kappa shape index (κ2) is 5.38. The normalized spacial score (nSPS) is 15.4. The largest absolute Gasteiger partial charge is 0.481 e. The van der Waals surface area contributed by atoms with Gasteiger partial charge in [-0.05, 0) is 16.3 Å². The predicted molar refractivity (Wildman–Crippen MR) is 93.0 cm³/mol. The van der Waals surface area contributed by atoms with Crippen LogP contribution in [0.4, 0.5) is 0 Å². The van der Waals surface area contributed by atoms with Crippen LogP contribution in [0, 0.1) is 0 Å². The molecule has 4 nitrogen and oxygen atoms in total. The third-order valence-corrected chi connectivity index (χ3v) is 4.86. The van der Waals surface area contributed by atoms with Crippen molar-refractivity contribution in [1.29, 1.82) is 0 Å². The second-order valence-electron chi connectivity index (χ2n) is 6.21. The predicted octanol–water partition coefficient (Wildman–Crippen LogP) is 3.63. The fourth-order valence-corrected chi connectivity index (χ4v) is 3.77. The van der Waals surface area contributed by atoms with E-state index in [0.717, 1.165) is 10.8 Å². The number of carboxylic acids is 1. The highest BCUT2D eigenvalue weighted by molar-refractivity contribution is 6.35. The molecule has 1 N–H and O–H groups in total. The van der Waals surface area contributed by atoms with Crippen LogP contribution in [0.1, 0.15) is 32.7 Å². The molecular weight excluding hydrogens is 316 g/mol. The fourth-order valence-electron chi connectivity index (χ4n) is 3.77. The van der Waals surface area contributed by atoms with Crippen molar-refractivity contribution in [2.24, 2.45) is 0 Å². The lowest BCUT2D eigenvalue weighted by atomic mass is 9.71. The monoisotopic (exact) mass is 330 g/mol. The van der Waals surface area contributed by atoms with E-state index in [1.54, 1.807) is 36.4 Å². The van der Waals surface area contributed by atoms with Crippen molar-refractivity contribution >= 4 is 28.3 Å². The molecule has 0 atom stereocenters. The molecule has 1 aliphatic rings. The summed E-state index contributed by atoms with van der Waals surface area (Å²) in [4.78, 5) is 38.1. The molecule has 0 spiro atoms. The Morgan fingerprint density at radius 2 is 1.36 bits per heavy atom. The summed E-state index contributed by atoms with van der Waals surface area (Å²) in [7, 11) is 0. The van der Waals surface area contributed by atoms with E-state index in [-0.39, 0.29) is 0 Å². The number of hydrogen-bond donors (Lipinski definition) is 1. The number of fused-ring (bicyclic) bond motifs is 2. The van der Waals surface area contributed by atoms with Crippen LogP contribution in [0.2, 0.25) is 0 Å². The van der Waals surface area contributed by atoms with Crippen molar-refractivity contribution < 1.29 is 19.5 Å². The Kier molecular flexibility index (Phi) is 3.29. The number of carboxylic acid groups (broad SMARTS) is 1. The lowest BCUT2D eigenvalue weighted by molar-refractivity contribution is -0.137. The van der Waals surface area contributed by atoms with E-state index >= 15 is 0 Å². The summed E-state index contributed by atoms with van der Waals surface area (Å²) in [6.45, 7) is 0. The Morgan fingerprint density at radius 3 is 2.00 bits per heavy atom. The number of ketones is 2. The van der Waals surface area contributed by atoms with Crippen LogP contribution in [-0.2, 0) is 10.2 Å². The fraction of sp³-hybridized carbons (Fsp3) is 0.0952. The molecule has 0 unspecified atom stereocenters. The lowest BCUT2D eigenvalue weighted by Gasteiger charge is -2.26. The van der Waals surface area contributed by atoms with Crippen LogP contribution < -0.4 is 0 Å². The van der Waals surface area contributed by atoms with E-state index < -0.39 is 29.4 Å². The molecule has 4 rings (SSSR count). The second-order valence-corrected chi connectivity index (χ2v) is 6.21. The molecular formula is C21H14O4. The number of carbonyl (C=O) groups is 3. The van der Waals surface area contributed by atoms with Gasteiger partial charge in [0, 0.05) is 11.1 Å². The zero-order chi connectivity index (χ0) is 17.6. The zero-order valence-corrected chi connectivity index (χ0v) is 13.2. The van der Waals surface area contributed by atoms with Gasteiger partial charge in [-0.25, -0.2) is 0 Å². The summed E-state index contributed by atoms with van der Waals surface area (Å²) < 4.78 is 0. The van der Waals surface area contributed by atoms with E-state index in [2.05, 4.69) is 0 Å². The third kappa shape index (κ3) is 2.04. The quantitative estimate of drug-likeness (QED) is 0.744. The average Bonchev–Trinajstić information content (AvgIpc) is 2.84. The molecule has 0 saturated carbocycles. The molecule has 3 aromatic rings. The molecule has 122 valence electrons. The maximum Gasteiger partial charge on any atom is 0.305 e. The van der Waals surface area contributed by atoms with Crippen molar-refractivity contribution in [3.8, 4) is 0 Å². The summed E-state index contributed by atoms with van der Waals surface area (Å²) in [6, 6.07) is 19.2. The van der Waals surface area contributed by atoms with Crippen LogP contribution in [-0.4, -0.2) is 22.6 Å². The van der Waals surface area contributed by atoms with Gasteiger partial charge in [0.05, 0.1) is 6.42 Å². The number of aliphatic carboxylic acids is 1. The molecule has 0 radical (unpaired) electrons. The van der Waals surface area contributed by atoms with Crippen LogP contribution in [0.25, 0.3) is 10.8 Å². The molecule has 0 heterocycles. The standard InChI is InChI=1S/C21H14O4/c22-18(23)12-21(17-11-5-7-13-6-1-2-8-14(13)17)19(24)15-9-3-4-10-16(15)20(21)25/h1-11H,12H2,(H,22,23). The Bertz CT molecular complexity index is 1010. The van der Waals surface area contributed by atoms with E-state index in [9.17, 15) is 19.5 Å². The topological polar surface area (TPSA) is 71.4 Å². The maximum atomic E-state index is 13.2. The maximum absolute atomic E-state index is 13.2. The first kappa shape index (κ1) is 15.3. The number of benzene rings is 3. The van der Waals surface area contributed by atoms with E-state index in [0.29, 0.717) is 16.7 Å². The molecule has 3 aromatic carbocycles. The van der Waals surface area contributed by atoms with Crippen molar-refractivity contribution in [1.82, 2.24) is 0 Å². The lowest BCUT2D eigenvalue weighted by Crippen LogP contribution is -2.40. The molecule has 0 aliphatic heterocycles. The first-order chi connectivity index (χ1) is 12.1. The smallest absolute Gasteiger partial charge is 0.305 e. The Balaban J connectivity index is 2.07. The molecule has 0 aromatic heterocycles. The van der Waals surface area contributed by atoms with Gasteiger partial charge >= 0.3 is 5.97 Å². The Hall–Kier alpha value is -3.27. The Morgan fingerprint density at radius 1 is 0.800 bits per heavy atom. The van der Waals surface area contributed by atoms with E-state index in [1.807, 2.05) is 30.3 Å². The van der Waals surface area contributed by atoms with Gasteiger partial charge in [0.15, 0.2) is 11.6 Å². The molecule has 0 saturated heterocycles. The minimum absolute atomic E-state index is 0.293. The van der Waals surface area contributed by atoms with Crippen LogP contribution in [0.15, 0.2) is 66.7 Å². The van der Waals surface area contributed by atoms with Gasteiger partial charge in [-0.15, -0.1) is 0 Å². The Labute approximate surface area is 143 Å². The summed E-state index contributed by atoms with van der Waals surface area (Å²) in [5, 5.41) is 11.1. The highest BCUT2D eigenvalue weighted by Gasteiger charge is 2.55. The van der Waals surface area contributed by atoms with E-state index in [4.69, 9.17) is 0 Å². The SMILES string of the molecule is O=C(O)CC1(c2cccc3ccccc23)C(=O)c2ccccc2C1=O. The summed E-state index contributed by atoms with van der Waals surface area (Å²) >= 11 is 0. The molecule has 25 heavy (non-hydrogen) atoms. The highest BCUT2D eigenvalue weighted by atomic mass is 16.4. The molecule has 4 heteroatoms. The van der Waals surface area contributed by atoms with Gasteiger partial charge in [0.25, 0.3) is 0 Å². The van der Waals surface area contributed by atoms with E-state index in [1.165, 1.54) is 0 Å². The first-order valence-electron chi connectivity index (χ1n) is 7.94. The van der Waals surface area contributed by atoms with Gasteiger partial charge in [-0.3, -0.25) is 14.4 Å². The molecule has 0 amide bonds. The first-order valence-corrected chi connectivity index (χ1v) is 7.94. The van der Waals surface area contributed by atoms with Gasteiger partial charge in [0.1, 0.15) is 5.41 Å². The van der Waals surface area contributed by atoms with Crippen LogP contribution >= 0.6 is 0 Å². The summed E-state index contributed by atoms with van der Waals surface area (Å²) in [6.07, 6.45) is -0.562. The molecule has 0 fully saturated rings. The average molecular weight is 330 g/mol. The van der Waals surface area contributed by atoms with Crippen molar-refractivity contribution in [2.75, 3.05) is 0 Å². The van der Waals surface area contributed by atoms with Gasteiger partial charge in [0.2, 0.25) is 0 Å². The summed E-state index contributed by atoms with van der Waals surface area (Å²) in [5.74, 6) is -2.05. The number of carbonyl (C=O) groups excluding carboxylic acids is 2. The molecule has 0 bridgehead atoms. The van der Waals surface area contributed by atoms with Gasteiger partial charge in [-0.2, -0.15) is 0 Å². The third-order valence-electron chi connectivity index (χ3n) is 4.86. The minimum atomic E-state index is -1.71. The van der Waals surface area contributed by atoms with Crippen molar-refractivity contribution in [3.05, 3.63) is 83.4 Å². The van der Waals surface area contributed by atoms with Gasteiger partial charge < -0.3 is 5.11 Å². The van der Waals surface area contributed by atoms with Crippen molar-refractivity contribution in [2.45, 2.75) is 11.8 Å². The highest BCUT2D eigenvalue weighted by Crippen LogP contribution is 2.44.